The number of hydrogen-bond donors (Lipinski definition) is 0. The van der Waals surface area contributed by atoms with Gasteiger partial charge in [0.15, 0.2) is 5.78 Å². The molecule has 3 rings (SSSR count). The summed E-state index contributed by atoms with van der Waals surface area (Å²) in [6.45, 7) is 7.70. The fourth-order valence-electron chi connectivity index (χ4n) is 2.80. The van der Waals surface area contributed by atoms with Gasteiger partial charge in [0.1, 0.15) is 0 Å². The number of carbonyl (C=O) groups excluding carboxylic acids is 1. The summed E-state index contributed by atoms with van der Waals surface area (Å²) >= 11 is 0. The van der Waals surface area contributed by atoms with Gasteiger partial charge in [0.05, 0.1) is 12.2 Å². The molecule has 4 heteroatoms. The highest BCUT2D eigenvalue weighted by atomic mass is 16.1. The Balaban J connectivity index is 1.79. The Hall–Kier alpha value is -2.10. The van der Waals surface area contributed by atoms with Gasteiger partial charge in [-0.1, -0.05) is 0 Å². The van der Waals surface area contributed by atoms with Crippen LogP contribution in [0, 0.1) is 0 Å². The Morgan fingerprint density at radius 3 is 2.81 bits per heavy atom. The second kappa shape index (κ2) is 5.35. The molecule has 1 aromatic heterocycles. The molecule has 2 heterocycles. The third-order valence-electron chi connectivity index (χ3n) is 4.02. The van der Waals surface area contributed by atoms with Crippen molar-refractivity contribution in [3.05, 3.63) is 47.3 Å². The molecule has 0 atom stereocenters. The van der Waals surface area contributed by atoms with E-state index in [9.17, 15) is 4.79 Å². The Labute approximate surface area is 125 Å². The molecular weight excluding hydrogens is 262 g/mol. The summed E-state index contributed by atoms with van der Waals surface area (Å²) < 4.78 is 1.99. The Morgan fingerprint density at radius 1 is 1.33 bits per heavy atom. The molecule has 0 fully saturated rings. The molecule has 4 nitrogen and oxygen atoms in total. The molecule has 0 amide bonds. The van der Waals surface area contributed by atoms with E-state index in [2.05, 4.69) is 36.0 Å². The lowest BCUT2D eigenvalue weighted by atomic mass is 10.1. The highest BCUT2D eigenvalue weighted by Gasteiger charge is 2.20. The van der Waals surface area contributed by atoms with E-state index in [0.29, 0.717) is 6.04 Å². The Morgan fingerprint density at radius 2 is 2.14 bits per heavy atom. The molecule has 0 spiro atoms. The number of aromatic nitrogens is 2. The molecule has 2 aromatic rings. The normalized spacial score (nSPS) is 13.8. The maximum atomic E-state index is 11.5. The summed E-state index contributed by atoms with van der Waals surface area (Å²) in [7, 11) is 0. The van der Waals surface area contributed by atoms with Gasteiger partial charge in [-0.2, -0.15) is 5.10 Å². The van der Waals surface area contributed by atoms with Crippen LogP contribution in [0.25, 0.3) is 0 Å². The molecule has 0 radical (unpaired) electrons. The minimum absolute atomic E-state index is 0.131. The lowest BCUT2D eigenvalue weighted by Crippen LogP contribution is -2.20. The van der Waals surface area contributed by atoms with Crippen LogP contribution in [0.2, 0.25) is 0 Å². The molecule has 0 unspecified atom stereocenters. The minimum Gasteiger partial charge on any atom is -0.365 e. The first kappa shape index (κ1) is 13.9. The van der Waals surface area contributed by atoms with E-state index in [-0.39, 0.29) is 5.78 Å². The molecule has 0 N–H and O–H groups in total. The van der Waals surface area contributed by atoms with Crippen molar-refractivity contribution in [3.63, 3.8) is 0 Å². The summed E-state index contributed by atoms with van der Waals surface area (Å²) in [6.07, 6.45) is 3.04. The van der Waals surface area contributed by atoms with Crippen LogP contribution in [0.5, 0.6) is 0 Å². The summed E-state index contributed by atoms with van der Waals surface area (Å²) in [4.78, 5) is 13.8. The number of carbonyl (C=O) groups is 1. The summed E-state index contributed by atoms with van der Waals surface area (Å²) in [5.74, 6) is 0.131. The fraction of sp³-hybridized carbons (Fsp3) is 0.412. The maximum Gasteiger partial charge on any atom is 0.159 e. The third kappa shape index (κ3) is 2.71. The highest BCUT2D eigenvalue weighted by molar-refractivity contribution is 5.94. The van der Waals surface area contributed by atoms with Gasteiger partial charge in [0.25, 0.3) is 0 Å². The number of hydrogen-bond acceptors (Lipinski definition) is 3. The van der Waals surface area contributed by atoms with Crippen LogP contribution >= 0.6 is 0 Å². The number of fused-ring (bicyclic) bond motifs is 1. The van der Waals surface area contributed by atoms with Crippen molar-refractivity contribution in [1.82, 2.24) is 9.78 Å². The third-order valence-corrected chi connectivity index (χ3v) is 4.02. The Bertz CT molecular complexity index is 672. The minimum atomic E-state index is 0.131. The van der Waals surface area contributed by atoms with Crippen LogP contribution in [-0.4, -0.2) is 22.1 Å². The molecule has 110 valence electrons. The van der Waals surface area contributed by atoms with E-state index in [0.717, 1.165) is 30.8 Å². The number of anilines is 1. The van der Waals surface area contributed by atoms with E-state index in [1.165, 1.54) is 11.3 Å². The van der Waals surface area contributed by atoms with Crippen molar-refractivity contribution >= 4 is 11.5 Å². The van der Waals surface area contributed by atoms with Crippen molar-refractivity contribution in [2.45, 2.75) is 39.8 Å². The number of benzene rings is 1. The van der Waals surface area contributed by atoms with Crippen LogP contribution in [-0.2, 0) is 13.0 Å². The fourth-order valence-corrected chi connectivity index (χ4v) is 2.80. The number of ketones is 1. The lowest BCUT2D eigenvalue weighted by molar-refractivity contribution is 0.101. The van der Waals surface area contributed by atoms with Gasteiger partial charge in [0.2, 0.25) is 0 Å². The number of Topliss-reactive ketones (excluding diaryl/α,β-unsaturated/α-hetero) is 1. The van der Waals surface area contributed by atoms with E-state index < -0.39 is 0 Å². The largest absolute Gasteiger partial charge is 0.365 e. The lowest BCUT2D eigenvalue weighted by Gasteiger charge is -2.18. The van der Waals surface area contributed by atoms with E-state index >= 15 is 0 Å². The van der Waals surface area contributed by atoms with Gasteiger partial charge < -0.3 is 4.90 Å². The number of nitrogens with zero attached hydrogens (tertiary/aromatic N) is 3. The second-order valence-electron chi connectivity index (χ2n) is 5.95. The van der Waals surface area contributed by atoms with Gasteiger partial charge in [-0.15, -0.1) is 0 Å². The molecule has 1 aromatic carbocycles. The average molecular weight is 283 g/mol. The van der Waals surface area contributed by atoms with Gasteiger partial charge in [0, 0.05) is 30.0 Å². The first-order chi connectivity index (χ1) is 10.0. The van der Waals surface area contributed by atoms with E-state index in [1.807, 2.05) is 23.0 Å². The van der Waals surface area contributed by atoms with Gasteiger partial charge in [-0.3, -0.25) is 9.48 Å². The molecule has 0 bridgehead atoms. The molecule has 0 saturated carbocycles. The maximum absolute atomic E-state index is 11.5. The van der Waals surface area contributed by atoms with Crippen molar-refractivity contribution < 1.29 is 4.79 Å². The van der Waals surface area contributed by atoms with Crippen LogP contribution in [0.3, 0.4) is 0 Å². The first-order valence-corrected chi connectivity index (χ1v) is 7.47. The predicted octanol–water partition coefficient (Wildman–Crippen LogP) is 3.23. The quantitative estimate of drug-likeness (QED) is 0.809. The molecule has 0 aliphatic carbocycles. The molecular formula is C17H21N3O. The highest BCUT2D eigenvalue weighted by Crippen LogP contribution is 2.30. The summed E-state index contributed by atoms with van der Waals surface area (Å²) in [5, 5.41) is 4.61. The van der Waals surface area contributed by atoms with E-state index in [1.54, 1.807) is 6.92 Å². The number of rotatable bonds is 4. The van der Waals surface area contributed by atoms with Crippen molar-refractivity contribution in [3.8, 4) is 0 Å². The summed E-state index contributed by atoms with van der Waals surface area (Å²) in [6, 6.07) is 8.50. The van der Waals surface area contributed by atoms with Gasteiger partial charge in [-0.25, -0.2) is 0 Å². The van der Waals surface area contributed by atoms with Crippen LogP contribution in [0.4, 0.5) is 5.69 Å². The van der Waals surface area contributed by atoms with Gasteiger partial charge >= 0.3 is 0 Å². The predicted molar refractivity (Wildman–Crippen MR) is 83.8 cm³/mol. The molecule has 21 heavy (non-hydrogen) atoms. The zero-order valence-corrected chi connectivity index (χ0v) is 12.8. The SMILES string of the molecule is CC(=O)c1ccc2c(c1)CCN2Cc1ccn(C(C)C)n1. The van der Waals surface area contributed by atoms with E-state index in [4.69, 9.17) is 0 Å². The molecule has 1 aliphatic rings. The summed E-state index contributed by atoms with van der Waals surface area (Å²) in [5.41, 5.74) is 4.40. The molecule has 0 saturated heterocycles. The Kier molecular flexibility index (Phi) is 3.53. The standard InChI is InChI=1S/C17H21N3O/c1-12(2)20-9-7-16(18-20)11-19-8-6-15-10-14(13(3)21)4-5-17(15)19/h4-5,7,9-10,12H,6,8,11H2,1-3H3. The smallest absolute Gasteiger partial charge is 0.159 e. The van der Waals surface area contributed by atoms with Crippen LogP contribution in [0.1, 0.15) is 48.4 Å². The van der Waals surface area contributed by atoms with Crippen molar-refractivity contribution in [1.29, 1.82) is 0 Å². The van der Waals surface area contributed by atoms with Crippen LogP contribution < -0.4 is 4.90 Å². The molecule has 1 aliphatic heterocycles. The zero-order chi connectivity index (χ0) is 15.0. The second-order valence-corrected chi connectivity index (χ2v) is 5.95. The van der Waals surface area contributed by atoms with Crippen molar-refractivity contribution in [2.75, 3.05) is 11.4 Å². The van der Waals surface area contributed by atoms with Crippen molar-refractivity contribution in [2.24, 2.45) is 0 Å². The topological polar surface area (TPSA) is 38.1 Å². The average Bonchev–Trinajstić information content (AvgIpc) is 3.06. The first-order valence-electron chi connectivity index (χ1n) is 7.47. The zero-order valence-electron chi connectivity index (χ0n) is 12.8. The van der Waals surface area contributed by atoms with Crippen LogP contribution in [0.15, 0.2) is 30.5 Å². The monoisotopic (exact) mass is 283 g/mol. The van der Waals surface area contributed by atoms with Gasteiger partial charge in [-0.05, 0) is 57.0 Å².